The van der Waals surface area contributed by atoms with Crippen LogP contribution >= 0.6 is 0 Å². The van der Waals surface area contributed by atoms with E-state index in [1.54, 1.807) is 18.2 Å². The second-order valence-corrected chi connectivity index (χ2v) is 8.53. The van der Waals surface area contributed by atoms with Crippen LogP contribution in [0, 0.1) is 0 Å². The number of carbonyl (C=O) groups excluding carboxylic acids is 3. The highest BCUT2D eigenvalue weighted by atomic mass is 16.5. The van der Waals surface area contributed by atoms with Crippen molar-refractivity contribution >= 4 is 23.4 Å². The van der Waals surface area contributed by atoms with Gasteiger partial charge in [0, 0.05) is 39.2 Å². The largest absolute Gasteiger partial charge is 0.497 e. The van der Waals surface area contributed by atoms with Gasteiger partial charge in [-0.15, -0.1) is 0 Å². The first-order chi connectivity index (χ1) is 16.9. The number of hydrogen-bond acceptors (Lipinski definition) is 7. The van der Waals surface area contributed by atoms with E-state index < -0.39 is 6.10 Å². The van der Waals surface area contributed by atoms with Gasteiger partial charge in [-0.25, -0.2) is 5.01 Å². The molecule has 2 aromatic rings. The molecule has 1 atom stereocenters. The topological polar surface area (TPSA) is 105 Å². The summed E-state index contributed by atoms with van der Waals surface area (Å²) >= 11 is 0. The van der Waals surface area contributed by atoms with E-state index in [2.05, 4.69) is 10.1 Å². The van der Waals surface area contributed by atoms with Crippen molar-refractivity contribution in [1.29, 1.82) is 0 Å². The molecule has 1 aromatic carbocycles. The van der Waals surface area contributed by atoms with Crippen molar-refractivity contribution in [2.24, 2.45) is 5.10 Å². The molecule has 3 heterocycles. The summed E-state index contributed by atoms with van der Waals surface area (Å²) in [4.78, 5) is 45.7. The van der Waals surface area contributed by atoms with E-state index >= 15 is 0 Å². The number of ether oxygens (including phenoxy) is 2. The normalized spacial score (nSPS) is 18.9. The molecule has 0 saturated carbocycles. The second-order valence-electron chi connectivity index (χ2n) is 8.53. The van der Waals surface area contributed by atoms with Crippen molar-refractivity contribution in [3.8, 4) is 5.75 Å². The van der Waals surface area contributed by atoms with E-state index in [9.17, 15) is 14.4 Å². The summed E-state index contributed by atoms with van der Waals surface area (Å²) in [5.74, 6) is 0.0314. The average molecular weight is 480 g/mol. The van der Waals surface area contributed by atoms with Gasteiger partial charge in [0.15, 0.2) is 0 Å². The number of nitrogens with zero attached hydrogens (tertiary/aromatic N) is 5. The van der Waals surface area contributed by atoms with E-state index in [4.69, 9.17) is 9.47 Å². The Morgan fingerprint density at radius 1 is 1.09 bits per heavy atom. The van der Waals surface area contributed by atoms with Gasteiger partial charge in [-0.1, -0.05) is 18.2 Å². The van der Waals surface area contributed by atoms with Crippen LogP contribution in [0.5, 0.6) is 5.75 Å². The number of rotatable bonds is 7. The summed E-state index contributed by atoms with van der Waals surface area (Å²) in [6.07, 6.45) is 1.72. The van der Waals surface area contributed by atoms with Crippen LogP contribution in [-0.2, 0) is 32.3 Å². The van der Waals surface area contributed by atoms with Gasteiger partial charge < -0.3 is 19.3 Å². The van der Waals surface area contributed by atoms with Gasteiger partial charge in [-0.05, 0) is 29.8 Å². The SMILES string of the molecule is COc1cccc(COC2CN(Cc3ccccn3)C(=O)CN(C(=O)C3=NN(C)C(=O)CC3)C2)c1. The molecule has 1 unspecified atom stereocenters. The first kappa shape index (κ1) is 24.3. The third kappa shape index (κ3) is 6.21. The molecule has 2 aliphatic rings. The Kier molecular flexibility index (Phi) is 7.71. The zero-order valence-corrected chi connectivity index (χ0v) is 19.9. The molecule has 3 amide bonds. The van der Waals surface area contributed by atoms with Crippen LogP contribution in [0.15, 0.2) is 53.8 Å². The fourth-order valence-electron chi connectivity index (χ4n) is 4.06. The highest BCUT2D eigenvalue weighted by Crippen LogP contribution is 2.18. The number of benzene rings is 1. The van der Waals surface area contributed by atoms with Crippen LogP contribution in [0.2, 0.25) is 0 Å². The van der Waals surface area contributed by atoms with Crippen molar-refractivity contribution in [2.45, 2.75) is 32.1 Å². The molecule has 0 bridgehead atoms. The van der Waals surface area contributed by atoms with Gasteiger partial charge in [0.25, 0.3) is 5.91 Å². The smallest absolute Gasteiger partial charge is 0.270 e. The van der Waals surface area contributed by atoms with Crippen molar-refractivity contribution in [3.05, 3.63) is 59.9 Å². The molecule has 35 heavy (non-hydrogen) atoms. The number of pyridine rings is 1. The molecule has 1 saturated heterocycles. The maximum atomic E-state index is 13.3. The molecule has 10 heteroatoms. The minimum atomic E-state index is -0.427. The van der Waals surface area contributed by atoms with E-state index in [1.165, 1.54) is 17.0 Å². The molecule has 2 aliphatic heterocycles. The Labute approximate surface area is 204 Å². The highest BCUT2D eigenvalue weighted by molar-refractivity contribution is 6.39. The lowest BCUT2D eigenvalue weighted by Gasteiger charge is -2.26. The van der Waals surface area contributed by atoms with Crippen LogP contribution in [0.4, 0.5) is 0 Å². The van der Waals surface area contributed by atoms with Crippen LogP contribution in [0.25, 0.3) is 0 Å². The van der Waals surface area contributed by atoms with Gasteiger partial charge in [-0.3, -0.25) is 19.4 Å². The first-order valence-corrected chi connectivity index (χ1v) is 11.5. The van der Waals surface area contributed by atoms with Crippen LogP contribution in [0.3, 0.4) is 0 Å². The van der Waals surface area contributed by atoms with Gasteiger partial charge in [0.2, 0.25) is 11.8 Å². The molecule has 10 nitrogen and oxygen atoms in total. The number of amides is 3. The van der Waals surface area contributed by atoms with E-state index in [0.717, 1.165) is 17.0 Å². The quantitative estimate of drug-likeness (QED) is 0.596. The van der Waals surface area contributed by atoms with Gasteiger partial charge in [-0.2, -0.15) is 5.10 Å². The van der Waals surface area contributed by atoms with Crippen LogP contribution in [0.1, 0.15) is 24.1 Å². The lowest BCUT2D eigenvalue weighted by atomic mass is 10.1. The Morgan fingerprint density at radius 3 is 2.69 bits per heavy atom. The average Bonchev–Trinajstić information content (AvgIpc) is 3.03. The minimum Gasteiger partial charge on any atom is -0.497 e. The predicted octanol–water partition coefficient (Wildman–Crippen LogP) is 1.45. The van der Waals surface area contributed by atoms with Crippen molar-refractivity contribution < 1.29 is 23.9 Å². The van der Waals surface area contributed by atoms with Crippen LogP contribution < -0.4 is 4.74 Å². The summed E-state index contributed by atoms with van der Waals surface area (Å²) in [5, 5.41) is 5.32. The molecular formula is C25H29N5O5. The Morgan fingerprint density at radius 2 is 1.94 bits per heavy atom. The van der Waals surface area contributed by atoms with Gasteiger partial charge in [0.1, 0.15) is 18.0 Å². The summed E-state index contributed by atoms with van der Waals surface area (Å²) < 4.78 is 11.5. The summed E-state index contributed by atoms with van der Waals surface area (Å²) in [5.41, 5.74) is 1.94. The zero-order valence-electron chi connectivity index (χ0n) is 19.9. The molecule has 0 spiro atoms. The number of aromatic nitrogens is 1. The fourth-order valence-corrected chi connectivity index (χ4v) is 4.06. The molecule has 1 aromatic heterocycles. The molecule has 4 rings (SSSR count). The Bertz CT molecular complexity index is 1110. The monoisotopic (exact) mass is 479 g/mol. The lowest BCUT2D eigenvalue weighted by molar-refractivity contribution is -0.136. The zero-order chi connectivity index (χ0) is 24.8. The van der Waals surface area contributed by atoms with E-state index in [0.29, 0.717) is 19.7 Å². The Hall–Kier alpha value is -3.79. The van der Waals surface area contributed by atoms with Gasteiger partial charge in [0.05, 0.1) is 32.1 Å². The molecule has 184 valence electrons. The van der Waals surface area contributed by atoms with E-state index in [1.807, 2.05) is 42.5 Å². The van der Waals surface area contributed by atoms with Gasteiger partial charge >= 0.3 is 0 Å². The first-order valence-electron chi connectivity index (χ1n) is 11.5. The molecule has 0 radical (unpaired) electrons. The number of methoxy groups -OCH3 is 1. The van der Waals surface area contributed by atoms with Crippen molar-refractivity contribution in [3.63, 3.8) is 0 Å². The summed E-state index contributed by atoms with van der Waals surface area (Å²) in [6, 6.07) is 13.1. The van der Waals surface area contributed by atoms with Crippen molar-refractivity contribution in [1.82, 2.24) is 19.8 Å². The molecule has 0 aliphatic carbocycles. The maximum absolute atomic E-state index is 13.3. The fraction of sp³-hybridized carbons (Fsp3) is 0.400. The lowest BCUT2D eigenvalue weighted by Crippen LogP contribution is -2.45. The molecule has 0 N–H and O–H groups in total. The summed E-state index contributed by atoms with van der Waals surface area (Å²) in [6.45, 7) is 1.06. The van der Waals surface area contributed by atoms with Crippen LogP contribution in [-0.4, -0.2) is 83.1 Å². The van der Waals surface area contributed by atoms with Crippen molar-refractivity contribution in [2.75, 3.05) is 33.8 Å². The molecule has 1 fully saturated rings. The Balaban J connectivity index is 1.53. The highest BCUT2D eigenvalue weighted by Gasteiger charge is 2.34. The number of hydrogen-bond donors (Lipinski definition) is 0. The third-order valence-electron chi connectivity index (χ3n) is 5.97. The minimum absolute atomic E-state index is 0.0959. The standard InChI is InChI=1S/C25H29N5O5/c1-28-23(31)10-9-22(27-28)25(33)30-15-21(35-17-18-6-5-8-20(12-18)34-2)14-29(24(32)16-30)13-19-7-3-4-11-26-19/h3-8,11-12,21H,9-10,13-17H2,1-2H3. The number of hydrazone groups is 1. The third-order valence-corrected chi connectivity index (χ3v) is 5.97. The maximum Gasteiger partial charge on any atom is 0.270 e. The molecular weight excluding hydrogens is 450 g/mol. The number of carbonyl (C=O) groups is 3. The predicted molar refractivity (Wildman–Crippen MR) is 127 cm³/mol. The summed E-state index contributed by atoms with van der Waals surface area (Å²) in [7, 11) is 3.13. The second kappa shape index (κ2) is 11.1. The van der Waals surface area contributed by atoms with E-state index in [-0.39, 0.29) is 49.4 Å².